The Bertz CT molecular complexity index is 1240. The van der Waals surface area contributed by atoms with Crippen LogP contribution in [0.25, 0.3) is 0 Å². The third kappa shape index (κ3) is 5.82. The molecule has 8 nitrogen and oxygen atoms in total. The Morgan fingerprint density at radius 3 is 2.45 bits per heavy atom. The maximum absolute atomic E-state index is 12.7. The van der Waals surface area contributed by atoms with Gasteiger partial charge in [0.2, 0.25) is 15.9 Å². The van der Waals surface area contributed by atoms with Gasteiger partial charge in [-0.05, 0) is 49.6 Å². The maximum atomic E-state index is 12.7. The molecule has 0 radical (unpaired) electrons. The van der Waals surface area contributed by atoms with E-state index in [0.29, 0.717) is 23.8 Å². The van der Waals surface area contributed by atoms with E-state index in [9.17, 15) is 13.2 Å². The number of thioether (sulfide) groups is 1. The molecule has 0 aliphatic heterocycles. The zero-order chi connectivity index (χ0) is 24.2. The molecule has 0 aliphatic carbocycles. The second-order valence-corrected chi connectivity index (χ2v) is 10.9. The monoisotopic (exact) mass is 487 g/mol. The molecule has 1 heterocycles. The molecule has 0 fully saturated rings. The molecule has 0 aliphatic rings. The average molecular weight is 488 g/mol. The predicted molar refractivity (Wildman–Crippen MR) is 131 cm³/mol. The number of anilines is 1. The van der Waals surface area contributed by atoms with Crippen LogP contribution in [0, 0.1) is 13.8 Å². The van der Waals surface area contributed by atoms with Gasteiger partial charge in [-0.1, -0.05) is 42.1 Å². The summed E-state index contributed by atoms with van der Waals surface area (Å²) in [6, 6.07) is 13.2. The lowest BCUT2D eigenvalue weighted by Crippen LogP contribution is -2.23. The number of nitrogens with zero attached hydrogens (tertiary/aromatic N) is 4. The van der Waals surface area contributed by atoms with Crippen LogP contribution in [0.3, 0.4) is 0 Å². The molecule has 10 heteroatoms. The highest BCUT2D eigenvalue weighted by Crippen LogP contribution is 2.26. The fraction of sp³-hybridized carbons (Fsp3) is 0.348. The summed E-state index contributed by atoms with van der Waals surface area (Å²) in [5.41, 5.74) is 3.25. The number of rotatable bonds is 9. The summed E-state index contributed by atoms with van der Waals surface area (Å²) >= 11 is 1.31. The number of aryl methyl sites for hydroxylation is 1. The van der Waals surface area contributed by atoms with Gasteiger partial charge in [0.25, 0.3) is 0 Å². The number of hydrogen-bond acceptors (Lipinski definition) is 6. The van der Waals surface area contributed by atoms with Crippen LogP contribution in [0.5, 0.6) is 0 Å². The molecule has 0 bridgehead atoms. The first kappa shape index (κ1) is 24.9. The minimum Gasteiger partial charge on any atom is -0.325 e. The molecular weight excluding hydrogens is 458 g/mol. The van der Waals surface area contributed by atoms with E-state index in [1.807, 2.05) is 55.7 Å². The van der Waals surface area contributed by atoms with E-state index < -0.39 is 10.0 Å². The zero-order valence-electron chi connectivity index (χ0n) is 19.5. The molecule has 0 atom stereocenters. The first-order valence-electron chi connectivity index (χ1n) is 10.6. The number of carbonyl (C=O) groups excluding carboxylic acids is 1. The highest BCUT2D eigenvalue weighted by molar-refractivity contribution is 7.99. The predicted octanol–water partition coefficient (Wildman–Crippen LogP) is 3.49. The molecule has 1 aromatic heterocycles. The number of amides is 1. The highest BCUT2D eigenvalue weighted by Gasteiger charge is 2.20. The van der Waals surface area contributed by atoms with Crippen LogP contribution in [0.4, 0.5) is 5.69 Å². The van der Waals surface area contributed by atoms with Crippen molar-refractivity contribution in [2.24, 2.45) is 0 Å². The highest BCUT2D eigenvalue weighted by atomic mass is 32.2. The Morgan fingerprint density at radius 1 is 1.12 bits per heavy atom. The smallest absolute Gasteiger partial charge is 0.242 e. The molecule has 0 unspecified atom stereocenters. The lowest BCUT2D eigenvalue weighted by Gasteiger charge is -2.16. The molecule has 3 aromatic rings. The molecule has 0 saturated carbocycles. The Balaban J connectivity index is 1.72. The van der Waals surface area contributed by atoms with Crippen molar-refractivity contribution < 1.29 is 13.2 Å². The zero-order valence-corrected chi connectivity index (χ0v) is 21.1. The third-order valence-electron chi connectivity index (χ3n) is 5.34. The van der Waals surface area contributed by atoms with Gasteiger partial charge >= 0.3 is 0 Å². The number of nitrogens with one attached hydrogen (secondary N) is 1. The van der Waals surface area contributed by atoms with Crippen LogP contribution in [0.15, 0.2) is 52.5 Å². The van der Waals surface area contributed by atoms with Gasteiger partial charge in [0.15, 0.2) is 5.16 Å². The van der Waals surface area contributed by atoms with Crippen molar-refractivity contribution in [3.05, 3.63) is 65.0 Å². The summed E-state index contributed by atoms with van der Waals surface area (Å²) in [4.78, 5) is 12.8. The van der Waals surface area contributed by atoms with Crippen LogP contribution in [0.1, 0.15) is 29.4 Å². The van der Waals surface area contributed by atoms with Gasteiger partial charge in [-0.2, -0.15) is 0 Å². The minimum atomic E-state index is -3.61. The molecule has 1 amide bonds. The summed E-state index contributed by atoms with van der Waals surface area (Å²) in [5.74, 6) is 0.740. The molecule has 2 aromatic carbocycles. The number of benzene rings is 2. The Kier molecular flexibility index (Phi) is 7.93. The normalized spacial score (nSPS) is 11.7. The molecular formula is C23H29N5O3S2. The van der Waals surface area contributed by atoms with Gasteiger partial charge in [0.1, 0.15) is 5.82 Å². The minimum absolute atomic E-state index is 0.132. The number of sulfonamides is 1. The Hall–Kier alpha value is -2.69. The van der Waals surface area contributed by atoms with Crippen molar-refractivity contribution in [2.75, 3.05) is 25.2 Å². The van der Waals surface area contributed by atoms with Crippen molar-refractivity contribution in [3.63, 3.8) is 0 Å². The number of aromatic nitrogens is 3. The van der Waals surface area contributed by atoms with Crippen LogP contribution in [0.2, 0.25) is 0 Å². The summed E-state index contributed by atoms with van der Waals surface area (Å²) < 4.78 is 28.2. The van der Waals surface area contributed by atoms with Crippen LogP contribution < -0.4 is 5.32 Å². The van der Waals surface area contributed by atoms with E-state index in [0.717, 1.165) is 26.8 Å². The van der Waals surface area contributed by atoms with E-state index in [-0.39, 0.29) is 16.6 Å². The van der Waals surface area contributed by atoms with Crippen molar-refractivity contribution in [1.82, 2.24) is 19.1 Å². The Labute approximate surface area is 199 Å². The second-order valence-electron chi connectivity index (χ2n) is 7.84. The van der Waals surface area contributed by atoms with Gasteiger partial charge in [0.05, 0.1) is 10.6 Å². The SMILES string of the molecule is CCn1c(Cc2ccccc2)nnc1SCC(=O)Nc1cc(S(=O)(=O)N(C)C)cc(C)c1C. The van der Waals surface area contributed by atoms with E-state index in [1.54, 1.807) is 6.07 Å². The van der Waals surface area contributed by atoms with E-state index >= 15 is 0 Å². The summed E-state index contributed by atoms with van der Waals surface area (Å²) in [5, 5.41) is 12.1. The van der Waals surface area contributed by atoms with E-state index in [2.05, 4.69) is 15.5 Å². The molecule has 0 spiro atoms. The fourth-order valence-corrected chi connectivity index (χ4v) is 5.12. The van der Waals surface area contributed by atoms with Gasteiger partial charge < -0.3 is 9.88 Å². The summed E-state index contributed by atoms with van der Waals surface area (Å²) in [7, 11) is -0.644. The van der Waals surface area contributed by atoms with Crippen molar-refractivity contribution >= 4 is 33.4 Å². The van der Waals surface area contributed by atoms with Crippen LogP contribution in [-0.4, -0.2) is 53.2 Å². The lowest BCUT2D eigenvalue weighted by molar-refractivity contribution is -0.113. The number of hydrogen-bond donors (Lipinski definition) is 1. The lowest BCUT2D eigenvalue weighted by atomic mass is 10.1. The molecule has 3 rings (SSSR count). The summed E-state index contributed by atoms with van der Waals surface area (Å²) in [6.45, 7) is 6.40. The third-order valence-corrected chi connectivity index (χ3v) is 8.10. The van der Waals surface area contributed by atoms with E-state index in [4.69, 9.17) is 0 Å². The summed E-state index contributed by atoms with van der Waals surface area (Å²) in [6.07, 6.45) is 0.667. The van der Waals surface area contributed by atoms with Gasteiger partial charge in [-0.25, -0.2) is 12.7 Å². The second kappa shape index (κ2) is 10.5. The van der Waals surface area contributed by atoms with Crippen LogP contribution >= 0.6 is 11.8 Å². The standard InChI is InChI=1S/C23H29N5O3S2/c1-6-28-21(13-18-10-8-7-9-11-18)25-26-23(28)32-15-22(29)24-20-14-19(12-16(2)17(20)3)33(30,31)27(4)5/h7-12,14H,6,13,15H2,1-5H3,(H,24,29). The largest absolute Gasteiger partial charge is 0.325 e. The maximum Gasteiger partial charge on any atom is 0.242 e. The van der Waals surface area contributed by atoms with Gasteiger partial charge in [-0.15, -0.1) is 10.2 Å². The topological polar surface area (TPSA) is 97.2 Å². The average Bonchev–Trinajstić information content (AvgIpc) is 3.17. The first-order valence-corrected chi connectivity index (χ1v) is 13.0. The van der Waals surface area contributed by atoms with E-state index in [1.165, 1.54) is 31.9 Å². The Morgan fingerprint density at radius 2 is 1.82 bits per heavy atom. The van der Waals surface area contributed by atoms with Crippen molar-refractivity contribution in [3.8, 4) is 0 Å². The van der Waals surface area contributed by atoms with Crippen molar-refractivity contribution in [2.45, 2.75) is 43.8 Å². The molecule has 0 saturated heterocycles. The quantitative estimate of drug-likeness (QED) is 0.464. The fourth-order valence-electron chi connectivity index (χ4n) is 3.28. The molecule has 176 valence electrons. The van der Waals surface area contributed by atoms with Crippen LogP contribution in [-0.2, 0) is 27.8 Å². The molecule has 1 N–H and O–H groups in total. The first-order chi connectivity index (χ1) is 15.6. The number of carbonyl (C=O) groups is 1. The van der Waals surface area contributed by atoms with Crippen molar-refractivity contribution in [1.29, 1.82) is 0 Å². The van der Waals surface area contributed by atoms with Gasteiger partial charge in [-0.3, -0.25) is 4.79 Å². The van der Waals surface area contributed by atoms with Gasteiger partial charge in [0, 0.05) is 32.7 Å². The molecule has 33 heavy (non-hydrogen) atoms.